The number of ether oxygens (including phenoxy) is 2. The normalized spacial score (nSPS) is 12.0. The van der Waals surface area contributed by atoms with Crippen LogP contribution in [0.15, 0.2) is 52.1 Å². The van der Waals surface area contributed by atoms with E-state index in [1.165, 1.54) is 11.8 Å². The van der Waals surface area contributed by atoms with Crippen molar-refractivity contribution in [2.75, 3.05) is 18.2 Å². The lowest BCUT2D eigenvalue weighted by molar-refractivity contribution is -0.113. The standard InChI is InChI=1S/C23H26BrClN4O3S/c1-14(2)12-29-22(15(3)32-20-8-6-5-7-19(20)31-4)27-28-23(29)33-13-21(30)26-16-9-10-17(24)18(25)11-16/h5-11,14-15H,12-13H2,1-4H3,(H,26,30). The molecule has 1 unspecified atom stereocenters. The summed E-state index contributed by atoms with van der Waals surface area (Å²) in [7, 11) is 1.61. The third-order valence-electron chi connectivity index (χ3n) is 4.57. The van der Waals surface area contributed by atoms with E-state index < -0.39 is 0 Å². The van der Waals surface area contributed by atoms with Crippen LogP contribution in [-0.4, -0.2) is 33.5 Å². The van der Waals surface area contributed by atoms with Crippen LogP contribution in [0.3, 0.4) is 0 Å². The minimum Gasteiger partial charge on any atom is -0.493 e. The number of methoxy groups -OCH3 is 1. The van der Waals surface area contributed by atoms with Gasteiger partial charge in [0.05, 0.1) is 17.9 Å². The van der Waals surface area contributed by atoms with E-state index in [-0.39, 0.29) is 17.8 Å². The Morgan fingerprint density at radius 3 is 2.58 bits per heavy atom. The molecular weight excluding hydrogens is 528 g/mol. The number of para-hydroxylation sites is 2. The number of amides is 1. The maximum absolute atomic E-state index is 12.5. The van der Waals surface area contributed by atoms with Gasteiger partial charge in [0.25, 0.3) is 0 Å². The number of rotatable bonds is 10. The number of benzene rings is 2. The summed E-state index contributed by atoms with van der Waals surface area (Å²) in [4.78, 5) is 12.5. The highest BCUT2D eigenvalue weighted by atomic mass is 79.9. The van der Waals surface area contributed by atoms with E-state index in [1.54, 1.807) is 25.3 Å². The van der Waals surface area contributed by atoms with E-state index in [0.717, 1.165) is 4.47 Å². The number of aromatic nitrogens is 3. The van der Waals surface area contributed by atoms with E-state index in [1.807, 2.05) is 35.8 Å². The highest BCUT2D eigenvalue weighted by molar-refractivity contribution is 9.10. The van der Waals surface area contributed by atoms with Crippen LogP contribution in [0.2, 0.25) is 5.02 Å². The monoisotopic (exact) mass is 552 g/mol. The first kappa shape index (κ1) is 25.4. The van der Waals surface area contributed by atoms with Crippen LogP contribution in [0.1, 0.15) is 32.7 Å². The maximum atomic E-state index is 12.5. The summed E-state index contributed by atoms with van der Waals surface area (Å²) in [5.41, 5.74) is 0.636. The zero-order chi connectivity index (χ0) is 24.0. The van der Waals surface area contributed by atoms with E-state index in [9.17, 15) is 4.79 Å². The third kappa shape index (κ3) is 6.88. The summed E-state index contributed by atoms with van der Waals surface area (Å²) in [6.45, 7) is 6.86. The molecule has 1 amide bonds. The topological polar surface area (TPSA) is 78.3 Å². The van der Waals surface area contributed by atoms with Crippen molar-refractivity contribution < 1.29 is 14.3 Å². The molecule has 0 bridgehead atoms. The average Bonchev–Trinajstić information content (AvgIpc) is 3.17. The summed E-state index contributed by atoms with van der Waals surface area (Å²) in [6, 6.07) is 12.8. The molecule has 0 radical (unpaired) electrons. The van der Waals surface area contributed by atoms with Gasteiger partial charge in [-0.25, -0.2) is 0 Å². The Bertz CT molecular complexity index is 1110. The molecule has 33 heavy (non-hydrogen) atoms. The van der Waals surface area contributed by atoms with Crippen molar-refractivity contribution >= 4 is 50.9 Å². The molecule has 0 aliphatic carbocycles. The molecule has 2 aromatic carbocycles. The highest BCUT2D eigenvalue weighted by Crippen LogP contribution is 2.31. The van der Waals surface area contributed by atoms with Crippen molar-refractivity contribution in [2.24, 2.45) is 5.92 Å². The van der Waals surface area contributed by atoms with Crippen molar-refractivity contribution in [3.63, 3.8) is 0 Å². The summed E-state index contributed by atoms with van der Waals surface area (Å²) >= 11 is 10.8. The number of halogens is 2. The lowest BCUT2D eigenvalue weighted by Gasteiger charge is -2.19. The number of thioether (sulfide) groups is 1. The molecular formula is C23H26BrClN4O3S. The van der Waals surface area contributed by atoms with Gasteiger partial charge in [-0.15, -0.1) is 10.2 Å². The Labute approximate surface area is 211 Å². The molecule has 0 aliphatic rings. The number of hydrogen-bond acceptors (Lipinski definition) is 6. The van der Waals surface area contributed by atoms with Crippen LogP contribution in [0.5, 0.6) is 11.5 Å². The number of anilines is 1. The molecule has 0 aliphatic heterocycles. The van der Waals surface area contributed by atoms with Gasteiger partial charge in [0.15, 0.2) is 28.6 Å². The van der Waals surface area contributed by atoms with Crippen LogP contribution in [0.25, 0.3) is 0 Å². The van der Waals surface area contributed by atoms with E-state index in [2.05, 4.69) is 45.3 Å². The molecule has 0 saturated carbocycles. The SMILES string of the molecule is COc1ccccc1OC(C)c1nnc(SCC(=O)Nc2ccc(Br)c(Cl)c2)n1CC(C)C. The van der Waals surface area contributed by atoms with Crippen LogP contribution in [0, 0.1) is 5.92 Å². The molecule has 1 heterocycles. The zero-order valence-electron chi connectivity index (χ0n) is 18.8. The molecule has 0 spiro atoms. The molecule has 3 aromatic rings. The van der Waals surface area contributed by atoms with Gasteiger partial charge < -0.3 is 19.4 Å². The second-order valence-electron chi connectivity index (χ2n) is 7.72. The first-order valence-electron chi connectivity index (χ1n) is 10.4. The van der Waals surface area contributed by atoms with Crippen LogP contribution >= 0.6 is 39.3 Å². The Kier molecular flexibility index (Phi) is 9.05. The molecule has 10 heteroatoms. The fourth-order valence-corrected chi connectivity index (χ4v) is 4.29. The van der Waals surface area contributed by atoms with Gasteiger partial charge in [0, 0.05) is 16.7 Å². The molecule has 1 atom stereocenters. The van der Waals surface area contributed by atoms with Crippen LogP contribution in [-0.2, 0) is 11.3 Å². The second kappa shape index (κ2) is 11.8. The highest BCUT2D eigenvalue weighted by Gasteiger charge is 2.22. The minimum absolute atomic E-state index is 0.155. The molecule has 3 rings (SSSR count). The van der Waals surface area contributed by atoms with Gasteiger partial charge in [-0.1, -0.05) is 49.3 Å². The van der Waals surface area contributed by atoms with Crippen molar-refractivity contribution in [3.05, 3.63) is 57.8 Å². The van der Waals surface area contributed by atoms with Gasteiger partial charge in [0.1, 0.15) is 0 Å². The number of carbonyl (C=O) groups is 1. The van der Waals surface area contributed by atoms with Gasteiger partial charge in [-0.05, 0) is 59.1 Å². The molecule has 7 nitrogen and oxygen atoms in total. The summed E-state index contributed by atoms with van der Waals surface area (Å²) in [5.74, 6) is 2.36. The Morgan fingerprint density at radius 2 is 1.91 bits per heavy atom. The van der Waals surface area contributed by atoms with E-state index in [0.29, 0.717) is 45.7 Å². The van der Waals surface area contributed by atoms with Gasteiger partial charge >= 0.3 is 0 Å². The molecule has 1 N–H and O–H groups in total. The summed E-state index contributed by atoms with van der Waals surface area (Å²) < 4.78 is 14.3. The van der Waals surface area contributed by atoms with Crippen molar-refractivity contribution in [1.29, 1.82) is 0 Å². The second-order valence-corrected chi connectivity index (χ2v) is 9.93. The largest absolute Gasteiger partial charge is 0.493 e. The predicted molar refractivity (Wildman–Crippen MR) is 135 cm³/mol. The average molecular weight is 554 g/mol. The van der Waals surface area contributed by atoms with Crippen molar-refractivity contribution in [3.8, 4) is 11.5 Å². The molecule has 1 aromatic heterocycles. The zero-order valence-corrected chi connectivity index (χ0v) is 22.0. The molecule has 0 saturated heterocycles. The maximum Gasteiger partial charge on any atom is 0.234 e. The lowest BCUT2D eigenvalue weighted by atomic mass is 10.2. The lowest BCUT2D eigenvalue weighted by Crippen LogP contribution is -2.17. The van der Waals surface area contributed by atoms with Gasteiger partial charge in [-0.3, -0.25) is 4.79 Å². The minimum atomic E-state index is -0.361. The Balaban J connectivity index is 1.71. The van der Waals surface area contributed by atoms with Crippen LogP contribution < -0.4 is 14.8 Å². The van der Waals surface area contributed by atoms with Gasteiger partial charge in [-0.2, -0.15) is 0 Å². The fourth-order valence-electron chi connectivity index (χ4n) is 3.10. The van der Waals surface area contributed by atoms with E-state index in [4.69, 9.17) is 21.1 Å². The van der Waals surface area contributed by atoms with E-state index >= 15 is 0 Å². The smallest absolute Gasteiger partial charge is 0.234 e. The number of carbonyl (C=O) groups excluding carboxylic acids is 1. The number of hydrogen-bond donors (Lipinski definition) is 1. The number of nitrogens with one attached hydrogen (secondary N) is 1. The Hall–Kier alpha value is -2.23. The number of nitrogens with zero attached hydrogens (tertiary/aromatic N) is 3. The fraction of sp³-hybridized carbons (Fsp3) is 0.348. The first-order chi connectivity index (χ1) is 15.8. The quantitative estimate of drug-likeness (QED) is 0.300. The van der Waals surface area contributed by atoms with Crippen molar-refractivity contribution in [2.45, 2.75) is 38.6 Å². The predicted octanol–water partition coefficient (Wildman–Crippen LogP) is 6.23. The molecule has 176 valence electrons. The van der Waals surface area contributed by atoms with Gasteiger partial charge in [0.2, 0.25) is 5.91 Å². The van der Waals surface area contributed by atoms with Crippen LogP contribution in [0.4, 0.5) is 5.69 Å². The molecule has 0 fully saturated rings. The first-order valence-corrected chi connectivity index (χ1v) is 12.5. The third-order valence-corrected chi connectivity index (χ3v) is 6.76. The summed E-state index contributed by atoms with van der Waals surface area (Å²) in [6.07, 6.45) is -0.361. The summed E-state index contributed by atoms with van der Waals surface area (Å²) in [5, 5.41) is 12.8. The Morgan fingerprint density at radius 1 is 1.18 bits per heavy atom. The van der Waals surface area contributed by atoms with Crippen molar-refractivity contribution in [1.82, 2.24) is 14.8 Å².